The van der Waals surface area contributed by atoms with Gasteiger partial charge in [-0.15, -0.1) is 0 Å². The molecule has 0 aromatic rings. The summed E-state index contributed by atoms with van der Waals surface area (Å²) in [5, 5.41) is 15.1. The van der Waals surface area contributed by atoms with Crippen molar-refractivity contribution in [1.82, 2.24) is 15.5 Å². The van der Waals surface area contributed by atoms with Crippen LogP contribution in [0.1, 0.15) is 84.5 Å². The lowest BCUT2D eigenvalue weighted by molar-refractivity contribution is -0.121. The Morgan fingerprint density at radius 3 is 1.55 bits per heavy atom. The number of unbranched alkanes of at least 4 members (excludes halogenated alkanes) is 2. The van der Waals surface area contributed by atoms with Gasteiger partial charge >= 0.3 is 0 Å². The van der Waals surface area contributed by atoms with Crippen molar-refractivity contribution < 1.29 is 14.7 Å². The Balaban J connectivity index is 3.90. The van der Waals surface area contributed by atoms with Gasteiger partial charge in [0.2, 0.25) is 11.8 Å². The van der Waals surface area contributed by atoms with E-state index in [0.29, 0.717) is 25.9 Å². The fourth-order valence-corrected chi connectivity index (χ4v) is 3.10. The Morgan fingerprint density at radius 1 is 0.710 bits per heavy atom. The topological polar surface area (TPSA) is 81.7 Å². The summed E-state index contributed by atoms with van der Waals surface area (Å²) in [6.07, 6.45) is 18.1. The second-order valence-electron chi connectivity index (χ2n) is 7.92. The molecule has 0 atom stereocenters. The van der Waals surface area contributed by atoms with Gasteiger partial charge in [-0.3, -0.25) is 9.59 Å². The molecule has 0 bridgehead atoms. The Labute approximate surface area is 190 Å². The van der Waals surface area contributed by atoms with Crippen LogP contribution in [0.25, 0.3) is 0 Å². The van der Waals surface area contributed by atoms with E-state index in [1.165, 1.54) is 0 Å². The highest BCUT2D eigenvalue weighted by atomic mass is 16.3. The van der Waals surface area contributed by atoms with E-state index in [9.17, 15) is 9.59 Å². The Bertz CT molecular complexity index is 452. The maximum Gasteiger partial charge on any atom is 0.220 e. The molecule has 0 unspecified atom stereocenters. The van der Waals surface area contributed by atoms with Crippen LogP contribution in [0.4, 0.5) is 0 Å². The minimum Gasteiger partial charge on any atom is -0.396 e. The molecule has 0 aromatic carbocycles. The van der Waals surface area contributed by atoms with E-state index < -0.39 is 0 Å². The minimum atomic E-state index is 0.107. The monoisotopic (exact) mass is 437 g/mol. The van der Waals surface area contributed by atoms with Crippen molar-refractivity contribution in [2.45, 2.75) is 84.5 Å². The second-order valence-corrected chi connectivity index (χ2v) is 7.92. The van der Waals surface area contributed by atoms with Crippen LogP contribution in [0.5, 0.6) is 0 Å². The first-order chi connectivity index (χ1) is 15.1. The zero-order valence-corrected chi connectivity index (χ0v) is 20.0. The Kier molecular flexibility index (Phi) is 21.8. The third kappa shape index (κ3) is 21.4. The molecular weight excluding hydrogens is 390 g/mol. The van der Waals surface area contributed by atoms with Crippen LogP contribution in [0.3, 0.4) is 0 Å². The van der Waals surface area contributed by atoms with Gasteiger partial charge in [-0.05, 0) is 58.0 Å². The highest BCUT2D eigenvalue weighted by Gasteiger charge is 2.06. The maximum atomic E-state index is 11.9. The molecule has 0 radical (unpaired) electrons. The van der Waals surface area contributed by atoms with Crippen LogP contribution < -0.4 is 10.6 Å². The molecule has 0 saturated carbocycles. The molecule has 0 aliphatic heterocycles. The zero-order valence-electron chi connectivity index (χ0n) is 20.0. The predicted molar refractivity (Wildman–Crippen MR) is 130 cm³/mol. The standard InChI is InChI=1S/C25H47N3O3/c1-3-5-7-9-11-16-24(30)26-18-13-20-28(22-15-23-29)21-14-19-27-25(31)17-12-10-8-6-4-2/h7-10,29H,3-6,11-23H2,1-2H3,(H,26,30)(H,27,31)/b9-7+,10-8+. The zero-order chi connectivity index (χ0) is 23.0. The predicted octanol–water partition coefficient (Wildman–Crippen LogP) is 3.96. The highest BCUT2D eigenvalue weighted by Crippen LogP contribution is 1.99. The number of amides is 2. The number of hydrogen-bond acceptors (Lipinski definition) is 4. The summed E-state index contributed by atoms with van der Waals surface area (Å²) in [6.45, 7) is 8.42. The van der Waals surface area contributed by atoms with Gasteiger partial charge in [0.25, 0.3) is 0 Å². The van der Waals surface area contributed by atoms with E-state index in [1.807, 2.05) is 0 Å². The van der Waals surface area contributed by atoms with Crippen LogP contribution in [0, 0.1) is 0 Å². The van der Waals surface area contributed by atoms with Gasteiger partial charge in [0.15, 0.2) is 0 Å². The van der Waals surface area contributed by atoms with E-state index in [-0.39, 0.29) is 18.4 Å². The van der Waals surface area contributed by atoms with Crippen LogP contribution in [-0.4, -0.2) is 61.2 Å². The lowest BCUT2D eigenvalue weighted by Crippen LogP contribution is -2.33. The summed E-state index contributed by atoms with van der Waals surface area (Å²) >= 11 is 0. The van der Waals surface area contributed by atoms with E-state index in [1.54, 1.807) is 0 Å². The van der Waals surface area contributed by atoms with Crippen molar-refractivity contribution >= 4 is 11.8 Å². The fraction of sp³-hybridized carbons (Fsp3) is 0.760. The first-order valence-electron chi connectivity index (χ1n) is 12.3. The number of nitrogens with one attached hydrogen (secondary N) is 2. The van der Waals surface area contributed by atoms with Gasteiger partial charge < -0.3 is 20.6 Å². The van der Waals surface area contributed by atoms with Gasteiger partial charge in [-0.1, -0.05) is 51.0 Å². The molecule has 0 aliphatic carbocycles. The molecule has 0 heterocycles. The van der Waals surface area contributed by atoms with Gasteiger partial charge in [0, 0.05) is 39.1 Å². The average molecular weight is 438 g/mol. The number of aliphatic hydroxyl groups is 1. The number of allylic oxidation sites excluding steroid dienone is 4. The van der Waals surface area contributed by atoms with Gasteiger partial charge in [0.05, 0.1) is 0 Å². The van der Waals surface area contributed by atoms with Crippen LogP contribution in [0.2, 0.25) is 0 Å². The molecule has 2 amide bonds. The molecule has 6 heteroatoms. The average Bonchev–Trinajstić information content (AvgIpc) is 2.76. The van der Waals surface area contributed by atoms with Crippen LogP contribution in [-0.2, 0) is 9.59 Å². The molecule has 0 spiro atoms. The molecular formula is C25H47N3O3. The highest BCUT2D eigenvalue weighted by molar-refractivity contribution is 5.76. The van der Waals surface area contributed by atoms with Crippen molar-refractivity contribution in [1.29, 1.82) is 0 Å². The molecule has 180 valence electrons. The fourth-order valence-electron chi connectivity index (χ4n) is 3.10. The Morgan fingerprint density at radius 2 is 1.13 bits per heavy atom. The van der Waals surface area contributed by atoms with Gasteiger partial charge in [0.1, 0.15) is 0 Å². The quantitative estimate of drug-likeness (QED) is 0.188. The molecule has 0 rings (SSSR count). The number of carbonyl (C=O) groups is 2. The van der Waals surface area contributed by atoms with Crippen molar-refractivity contribution in [3.8, 4) is 0 Å². The van der Waals surface area contributed by atoms with Crippen LogP contribution >= 0.6 is 0 Å². The number of carbonyl (C=O) groups excluding carboxylic acids is 2. The van der Waals surface area contributed by atoms with E-state index in [4.69, 9.17) is 5.11 Å². The van der Waals surface area contributed by atoms with Crippen molar-refractivity contribution in [2.24, 2.45) is 0 Å². The normalized spacial score (nSPS) is 11.6. The van der Waals surface area contributed by atoms with Crippen molar-refractivity contribution in [3.63, 3.8) is 0 Å². The molecule has 0 aliphatic rings. The molecule has 3 N–H and O–H groups in total. The molecule has 31 heavy (non-hydrogen) atoms. The largest absolute Gasteiger partial charge is 0.396 e. The Hall–Kier alpha value is -1.66. The lowest BCUT2D eigenvalue weighted by Gasteiger charge is -2.22. The number of nitrogens with zero attached hydrogens (tertiary/aromatic N) is 1. The third-order valence-electron chi connectivity index (χ3n) is 4.90. The van der Waals surface area contributed by atoms with E-state index >= 15 is 0 Å². The molecule has 0 saturated heterocycles. The minimum absolute atomic E-state index is 0.107. The third-order valence-corrected chi connectivity index (χ3v) is 4.90. The number of hydrogen-bond donors (Lipinski definition) is 3. The second kappa shape index (κ2) is 23.0. The first-order valence-corrected chi connectivity index (χ1v) is 12.3. The van der Waals surface area contributed by atoms with Gasteiger partial charge in [-0.25, -0.2) is 0 Å². The van der Waals surface area contributed by atoms with Crippen LogP contribution in [0.15, 0.2) is 24.3 Å². The smallest absolute Gasteiger partial charge is 0.220 e. The molecule has 0 fully saturated rings. The first kappa shape index (κ1) is 29.3. The van der Waals surface area contributed by atoms with E-state index in [2.05, 4.69) is 53.7 Å². The number of aliphatic hydroxyl groups excluding tert-OH is 1. The summed E-state index contributed by atoms with van der Waals surface area (Å²) in [4.78, 5) is 26.0. The number of rotatable bonds is 21. The SMILES string of the molecule is CCC/C=C/CCC(=O)NCCCN(CCCO)CCCNC(=O)CC/C=C/CCC. The van der Waals surface area contributed by atoms with Gasteiger partial charge in [-0.2, -0.15) is 0 Å². The summed E-state index contributed by atoms with van der Waals surface area (Å²) in [5.74, 6) is 0.214. The lowest BCUT2D eigenvalue weighted by atomic mass is 10.2. The molecule has 6 nitrogen and oxygen atoms in total. The summed E-state index contributed by atoms with van der Waals surface area (Å²) in [7, 11) is 0. The summed E-state index contributed by atoms with van der Waals surface area (Å²) in [5.41, 5.74) is 0. The summed E-state index contributed by atoms with van der Waals surface area (Å²) in [6, 6.07) is 0. The van der Waals surface area contributed by atoms with E-state index in [0.717, 1.165) is 77.4 Å². The van der Waals surface area contributed by atoms with Crippen molar-refractivity contribution in [2.75, 3.05) is 39.3 Å². The summed E-state index contributed by atoms with van der Waals surface area (Å²) < 4.78 is 0. The maximum absolute atomic E-state index is 11.9. The molecule has 0 aromatic heterocycles. The van der Waals surface area contributed by atoms with Crippen molar-refractivity contribution in [3.05, 3.63) is 24.3 Å².